The normalized spacial score (nSPS) is 34.2. The van der Waals surface area contributed by atoms with Crippen LogP contribution in [-0.4, -0.2) is 33.6 Å². The summed E-state index contributed by atoms with van der Waals surface area (Å²) in [5, 5.41) is 0. The maximum Gasteiger partial charge on any atom is 0.301 e. The van der Waals surface area contributed by atoms with Gasteiger partial charge in [0.25, 0.3) is 0 Å². The van der Waals surface area contributed by atoms with Crippen LogP contribution in [0.5, 0.6) is 0 Å². The lowest BCUT2D eigenvalue weighted by molar-refractivity contribution is -0.519. The Balaban J connectivity index is 2.17. The molecule has 1 heterocycles. The molecule has 1 fully saturated rings. The third-order valence-corrected chi connectivity index (χ3v) is 1.07. The van der Waals surface area contributed by atoms with Crippen molar-refractivity contribution < 1.29 is 24.0 Å². The van der Waals surface area contributed by atoms with E-state index in [-0.39, 0.29) is 0 Å². The van der Waals surface area contributed by atoms with Crippen LogP contribution < -0.4 is 0 Å². The van der Waals surface area contributed by atoms with Gasteiger partial charge >= 0.3 is 6.48 Å². The molecule has 0 aromatic rings. The van der Waals surface area contributed by atoms with Crippen LogP contribution in [0.1, 0.15) is 0 Å². The SMILES string of the molecule is COC1COC(OC)OO1. The molecule has 0 amide bonds. The zero-order chi connectivity index (χ0) is 7.40. The molecule has 5 nitrogen and oxygen atoms in total. The summed E-state index contributed by atoms with van der Waals surface area (Å²) in [6.45, 7) is -0.416. The second kappa shape index (κ2) is 3.85. The Hall–Kier alpha value is -0.200. The van der Waals surface area contributed by atoms with Gasteiger partial charge in [-0.25, -0.2) is 0 Å². The Morgan fingerprint density at radius 2 is 2.00 bits per heavy atom. The van der Waals surface area contributed by atoms with E-state index in [0.717, 1.165) is 0 Å². The zero-order valence-electron chi connectivity index (χ0n) is 5.90. The maximum atomic E-state index is 4.94. The standard InChI is InChI=1S/C5H10O5/c1-6-4-3-8-5(7-2)10-9-4/h4-5H,3H2,1-2H3. The van der Waals surface area contributed by atoms with Crippen LogP contribution in [0.4, 0.5) is 0 Å². The third-order valence-electron chi connectivity index (χ3n) is 1.07. The van der Waals surface area contributed by atoms with Crippen molar-refractivity contribution in [3.8, 4) is 0 Å². The van der Waals surface area contributed by atoms with Gasteiger partial charge in [-0.3, -0.25) is 0 Å². The Morgan fingerprint density at radius 3 is 2.40 bits per heavy atom. The van der Waals surface area contributed by atoms with E-state index in [0.29, 0.717) is 6.61 Å². The van der Waals surface area contributed by atoms with Crippen LogP contribution in [0.3, 0.4) is 0 Å². The van der Waals surface area contributed by atoms with Crippen LogP contribution in [0.15, 0.2) is 0 Å². The molecule has 0 saturated carbocycles. The van der Waals surface area contributed by atoms with Crippen molar-refractivity contribution in [2.24, 2.45) is 0 Å². The van der Waals surface area contributed by atoms with Gasteiger partial charge in [-0.05, 0) is 0 Å². The predicted octanol–water partition coefficient (Wildman–Crippen LogP) is -0.133. The van der Waals surface area contributed by atoms with Gasteiger partial charge in [0.1, 0.15) is 6.61 Å². The average molecular weight is 150 g/mol. The molecule has 0 aromatic heterocycles. The Bertz CT molecular complexity index is 76.0. The van der Waals surface area contributed by atoms with E-state index in [2.05, 4.69) is 14.5 Å². The fraction of sp³-hybridized carbons (Fsp3) is 1.00. The molecule has 1 aliphatic heterocycles. The van der Waals surface area contributed by atoms with Crippen molar-refractivity contribution in [2.45, 2.75) is 12.8 Å². The minimum absolute atomic E-state index is 0.314. The van der Waals surface area contributed by atoms with Gasteiger partial charge in [0.15, 0.2) is 0 Å². The first-order valence-electron chi connectivity index (χ1n) is 2.86. The number of methoxy groups -OCH3 is 2. The minimum atomic E-state index is -0.730. The highest BCUT2D eigenvalue weighted by molar-refractivity contribution is 4.39. The first-order chi connectivity index (χ1) is 4.86. The molecule has 1 saturated heterocycles. The van der Waals surface area contributed by atoms with Crippen molar-refractivity contribution in [2.75, 3.05) is 20.8 Å². The van der Waals surface area contributed by atoms with Gasteiger partial charge in [-0.1, -0.05) is 0 Å². The highest BCUT2D eigenvalue weighted by Gasteiger charge is 2.22. The monoisotopic (exact) mass is 150 g/mol. The molecule has 0 aromatic carbocycles. The molecular weight excluding hydrogens is 140 g/mol. The van der Waals surface area contributed by atoms with E-state index in [1.807, 2.05) is 0 Å². The quantitative estimate of drug-likeness (QED) is 0.513. The van der Waals surface area contributed by atoms with E-state index in [4.69, 9.17) is 9.47 Å². The fourth-order valence-corrected chi connectivity index (χ4v) is 0.535. The second-order valence-electron chi connectivity index (χ2n) is 1.72. The number of hydrogen-bond acceptors (Lipinski definition) is 5. The van der Waals surface area contributed by atoms with Crippen LogP contribution in [0.2, 0.25) is 0 Å². The van der Waals surface area contributed by atoms with Gasteiger partial charge in [-0.15, -0.1) is 0 Å². The minimum Gasteiger partial charge on any atom is -0.351 e. The summed E-state index contributed by atoms with van der Waals surface area (Å²) < 4.78 is 14.4. The highest BCUT2D eigenvalue weighted by atomic mass is 17.3. The van der Waals surface area contributed by atoms with Crippen LogP contribution in [0.25, 0.3) is 0 Å². The largest absolute Gasteiger partial charge is 0.351 e. The molecule has 60 valence electrons. The number of ether oxygens (including phenoxy) is 3. The first-order valence-corrected chi connectivity index (χ1v) is 2.86. The topological polar surface area (TPSA) is 46.2 Å². The smallest absolute Gasteiger partial charge is 0.301 e. The lowest BCUT2D eigenvalue weighted by Gasteiger charge is -2.25. The van der Waals surface area contributed by atoms with E-state index < -0.39 is 12.8 Å². The first kappa shape index (κ1) is 7.90. The Kier molecular flexibility index (Phi) is 3.04. The van der Waals surface area contributed by atoms with Gasteiger partial charge < -0.3 is 14.2 Å². The average Bonchev–Trinajstić information content (AvgIpc) is 2.05. The summed E-state index contributed by atoms with van der Waals surface area (Å²) in [6.07, 6.45) is -0.452. The van der Waals surface area contributed by atoms with Gasteiger partial charge in [0, 0.05) is 14.2 Å². The molecule has 2 atom stereocenters. The summed E-state index contributed by atoms with van der Waals surface area (Å²) in [5.74, 6) is 0. The van der Waals surface area contributed by atoms with Gasteiger partial charge in [-0.2, -0.15) is 9.78 Å². The van der Waals surface area contributed by atoms with Crippen LogP contribution >= 0.6 is 0 Å². The molecule has 0 spiro atoms. The highest BCUT2D eigenvalue weighted by Crippen LogP contribution is 2.08. The van der Waals surface area contributed by atoms with E-state index >= 15 is 0 Å². The molecule has 0 bridgehead atoms. The van der Waals surface area contributed by atoms with Crippen LogP contribution in [-0.2, 0) is 24.0 Å². The third kappa shape index (κ3) is 1.89. The van der Waals surface area contributed by atoms with Crippen molar-refractivity contribution in [1.82, 2.24) is 0 Å². The van der Waals surface area contributed by atoms with E-state index in [9.17, 15) is 0 Å². The molecule has 0 aliphatic carbocycles. The number of hydrogen-bond donors (Lipinski definition) is 0. The molecule has 1 rings (SSSR count). The lowest BCUT2D eigenvalue weighted by Crippen LogP contribution is -2.35. The Labute approximate surface area is 58.7 Å². The fourth-order valence-electron chi connectivity index (χ4n) is 0.535. The van der Waals surface area contributed by atoms with Gasteiger partial charge in [0.2, 0.25) is 6.29 Å². The summed E-state index contributed by atoms with van der Waals surface area (Å²) >= 11 is 0. The molecular formula is C5H10O5. The van der Waals surface area contributed by atoms with Crippen LogP contribution in [0, 0.1) is 0 Å². The summed E-state index contributed by atoms with van der Waals surface area (Å²) in [5.41, 5.74) is 0. The molecule has 10 heavy (non-hydrogen) atoms. The molecule has 0 radical (unpaired) electrons. The zero-order valence-corrected chi connectivity index (χ0v) is 5.90. The summed E-state index contributed by atoms with van der Waals surface area (Å²) in [4.78, 5) is 9.22. The predicted molar refractivity (Wildman–Crippen MR) is 29.7 cm³/mol. The molecule has 1 aliphatic rings. The van der Waals surface area contributed by atoms with E-state index in [1.165, 1.54) is 14.2 Å². The van der Waals surface area contributed by atoms with Gasteiger partial charge in [0.05, 0.1) is 0 Å². The van der Waals surface area contributed by atoms with Crippen molar-refractivity contribution >= 4 is 0 Å². The number of rotatable bonds is 2. The molecule has 0 N–H and O–H groups in total. The second-order valence-corrected chi connectivity index (χ2v) is 1.72. The lowest BCUT2D eigenvalue weighted by atomic mass is 10.7. The molecule has 2 unspecified atom stereocenters. The molecule has 5 heteroatoms. The van der Waals surface area contributed by atoms with Crippen molar-refractivity contribution in [3.63, 3.8) is 0 Å². The Morgan fingerprint density at radius 1 is 1.20 bits per heavy atom. The van der Waals surface area contributed by atoms with E-state index in [1.54, 1.807) is 0 Å². The van der Waals surface area contributed by atoms with Crippen molar-refractivity contribution in [1.29, 1.82) is 0 Å². The summed E-state index contributed by atoms with van der Waals surface area (Å²) in [6, 6.07) is 0. The maximum absolute atomic E-state index is 4.94. The summed E-state index contributed by atoms with van der Waals surface area (Å²) in [7, 11) is 2.96. The van der Waals surface area contributed by atoms with Crippen molar-refractivity contribution in [3.05, 3.63) is 0 Å².